The molecule has 0 saturated carbocycles. The molecular weight excluding hydrogens is 488 g/mol. The average molecular weight is 507 g/mol. The molecule has 0 bridgehead atoms. The Morgan fingerprint density at radius 2 is 2.07 bits per heavy atom. The molecule has 30 heavy (non-hydrogen) atoms. The Bertz CT molecular complexity index is 1030. The standard InChI is InChI=1S/C20H19BrN4O3S2/c1-13-23-25-20(30-13)29-12-18(26)24-22-10-15-4-3-5-17(27-2)19(15)28-11-14-6-8-16(21)9-7-14/h3-10H,11-12H2,1-2H3,(H,24,26)/b22-10+. The first-order chi connectivity index (χ1) is 14.5. The van der Waals surface area contributed by atoms with Gasteiger partial charge in [0.25, 0.3) is 5.91 Å². The summed E-state index contributed by atoms with van der Waals surface area (Å²) in [5.74, 6) is 1.12. The highest BCUT2D eigenvalue weighted by molar-refractivity contribution is 9.10. The van der Waals surface area contributed by atoms with E-state index < -0.39 is 0 Å². The number of amides is 1. The van der Waals surface area contributed by atoms with Crippen LogP contribution in [0.2, 0.25) is 0 Å². The minimum Gasteiger partial charge on any atom is -0.493 e. The minimum absolute atomic E-state index is 0.205. The molecule has 0 aliphatic rings. The summed E-state index contributed by atoms with van der Waals surface area (Å²) in [7, 11) is 1.58. The number of nitrogens with one attached hydrogen (secondary N) is 1. The fourth-order valence-corrected chi connectivity index (χ4v) is 4.23. The van der Waals surface area contributed by atoms with Crippen molar-refractivity contribution >= 4 is 51.2 Å². The molecule has 0 aliphatic carbocycles. The van der Waals surface area contributed by atoms with Gasteiger partial charge in [-0.1, -0.05) is 57.2 Å². The van der Waals surface area contributed by atoms with E-state index in [0.29, 0.717) is 23.7 Å². The smallest absolute Gasteiger partial charge is 0.250 e. The summed E-state index contributed by atoms with van der Waals surface area (Å²) >= 11 is 6.19. The lowest BCUT2D eigenvalue weighted by Gasteiger charge is -2.13. The molecule has 3 rings (SSSR count). The number of benzene rings is 2. The predicted molar refractivity (Wildman–Crippen MR) is 123 cm³/mol. The number of halogens is 1. The van der Waals surface area contributed by atoms with Crippen LogP contribution in [0.25, 0.3) is 0 Å². The van der Waals surface area contributed by atoms with Crippen molar-refractivity contribution in [3.63, 3.8) is 0 Å². The Hall–Kier alpha value is -2.43. The monoisotopic (exact) mass is 506 g/mol. The second-order valence-corrected chi connectivity index (χ2v) is 9.28. The van der Waals surface area contributed by atoms with Gasteiger partial charge in [-0.3, -0.25) is 4.79 Å². The average Bonchev–Trinajstić information content (AvgIpc) is 3.17. The normalized spacial score (nSPS) is 10.9. The van der Waals surface area contributed by atoms with Crippen molar-refractivity contribution in [3.8, 4) is 11.5 Å². The number of thioether (sulfide) groups is 1. The van der Waals surface area contributed by atoms with Crippen LogP contribution in [-0.4, -0.2) is 35.2 Å². The maximum absolute atomic E-state index is 12.0. The zero-order valence-electron chi connectivity index (χ0n) is 16.3. The van der Waals surface area contributed by atoms with E-state index in [1.54, 1.807) is 7.11 Å². The highest BCUT2D eigenvalue weighted by atomic mass is 79.9. The van der Waals surface area contributed by atoms with Crippen LogP contribution >= 0.6 is 39.0 Å². The van der Waals surface area contributed by atoms with Crippen molar-refractivity contribution in [1.82, 2.24) is 15.6 Å². The highest BCUT2D eigenvalue weighted by Gasteiger charge is 2.10. The number of carbonyl (C=O) groups is 1. The lowest BCUT2D eigenvalue weighted by Crippen LogP contribution is -2.19. The van der Waals surface area contributed by atoms with Crippen molar-refractivity contribution < 1.29 is 14.3 Å². The van der Waals surface area contributed by atoms with Crippen LogP contribution in [0.3, 0.4) is 0 Å². The van der Waals surface area contributed by atoms with E-state index in [-0.39, 0.29) is 11.7 Å². The van der Waals surface area contributed by atoms with Crippen LogP contribution in [0.5, 0.6) is 11.5 Å². The van der Waals surface area contributed by atoms with E-state index in [4.69, 9.17) is 9.47 Å². The van der Waals surface area contributed by atoms with E-state index in [0.717, 1.165) is 19.4 Å². The van der Waals surface area contributed by atoms with Crippen molar-refractivity contribution in [1.29, 1.82) is 0 Å². The second-order valence-electron chi connectivity index (χ2n) is 5.96. The number of nitrogens with zero attached hydrogens (tertiary/aromatic N) is 3. The molecular formula is C20H19BrN4O3S2. The van der Waals surface area contributed by atoms with Gasteiger partial charge in [0.1, 0.15) is 11.6 Å². The largest absolute Gasteiger partial charge is 0.493 e. The van der Waals surface area contributed by atoms with Crippen LogP contribution < -0.4 is 14.9 Å². The van der Waals surface area contributed by atoms with Gasteiger partial charge in [0, 0.05) is 10.0 Å². The molecule has 0 saturated heterocycles. The molecule has 0 spiro atoms. The lowest BCUT2D eigenvalue weighted by atomic mass is 10.2. The predicted octanol–water partition coefficient (Wildman–Crippen LogP) is 4.44. The fraction of sp³-hybridized carbons (Fsp3) is 0.200. The van der Waals surface area contributed by atoms with Crippen LogP contribution in [-0.2, 0) is 11.4 Å². The first-order valence-electron chi connectivity index (χ1n) is 8.84. The number of hydrogen-bond donors (Lipinski definition) is 1. The number of hydrogen-bond acceptors (Lipinski definition) is 8. The van der Waals surface area contributed by atoms with Gasteiger partial charge < -0.3 is 9.47 Å². The summed E-state index contributed by atoms with van der Waals surface area (Å²) in [6.07, 6.45) is 1.54. The molecule has 1 amide bonds. The third-order valence-corrected chi connectivity index (χ3v) is 6.25. The van der Waals surface area contributed by atoms with Crippen molar-refractivity contribution in [2.45, 2.75) is 17.9 Å². The highest BCUT2D eigenvalue weighted by Crippen LogP contribution is 2.31. The molecule has 0 fully saturated rings. The molecule has 10 heteroatoms. The zero-order chi connectivity index (χ0) is 21.3. The Morgan fingerprint density at radius 3 is 2.77 bits per heavy atom. The summed E-state index contributed by atoms with van der Waals surface area (Å²) in [6, 6.07) is 13.4. The van der Waals surface area contributed by atoms with Gasteiger partial charge in [0.15, 0.2) is 15.8 Å². The molecule has 1 heterocycles. The summed E-state index contributed by atoms with van der Waals surface area (Å²) in [5.41, 5.74) is 4.23. The fourth-order valence-electron chi connectivity index (χ4n) is 2.36. The zero-order valence-corrected chi connectivity index (χ0v) is 19.5. The number of aromatic nitrogens is 2. The van der Waals surface area contributed by atoms with Gasteiger partial charge in [-0.15, -0.1) is 10.2 Å². The Balaban J connectivity index is 1.61. The number of carbonyl (C=O) groups excluding carboxylic acids is 1. The topological polar surface area (TPSA) is 85.7 Å². The number of rotatable bonds is 9. The third-order valence-electron chi connectivity index (χ3n) is 3.75. The van der Waals surface area contributed by atoms with E-state index >= 15 is 0 Å². The second kappa shape index (κ2) is 11.1. The van der Waals surface area contributed by atoms with Crippen molar-refractivity contribution in [2.24, 2.45) is 5.10 Å². The van der Waals surface area contributed by atoms with E-state index in [1.807, 2.05) is 49.4 Å². The molecule has 1 aromatic heterocycles. The maximum Gasteiger partial charge on any atom is 0.250 e. The molecule has 2 aromatic carbocycles. The molecule has 1 N–H and O–H groups in total. The molecule has 0 radical (unpaired) electrons. The van der Waals surface area contributed by atoms with Crippen LogP contribution in [0.15, 0.2) is 56.4 Å². The minimum atomic E-state index is -0.232. The summed E-state index contributed by atoms with van der Waals surface area (Å²) < 4.78 is 13.2. The van der Waals surface area contributed by atoms with E-state index in [1.165, 1.54) is 29.3 Å². The van der Waals surface area contributed by atoms with Gasteiger partial charge in [0.2, 0.25) is 0 Å². The molecule has 0 atom stereocenters. The van der Waals surface area contributed by atoms with Crippen LogP contribution in [0.1, 0.15) is 16.1 Å². The first kappa shape index (κ1) is 22.3. The Morgan fingerprint density at radius 1 is 1.27 bits per heavy atom. The SMILES string of the molecule is COc1cccc(/C=N/NC(=O)CSc2nnc(C)s2)c1OCc1ccc(Br)cc1. The lowest BCUT2D eigenvalue weighted by molar-refractivity contribution is -0.118. The summed E-state index contributed by atoms with van der Waals surface area (Å²) in [5, 5.41) is 12.8. The number of para-hydroxylation sites is 1. The van der Waals surface area contributed by atoms with Gasteiger partial charge in [-0.05, 0) is 36.8 Å². The van der Waals surface area contributed by atoms with Crippen molar-refractivity contribution in [2.75, 3.05) is 12.9 Å². The first-order valence-corrected chi connectivity index (χ1v) is 11.4. The van der Waals surface area contributed by atoms with Gasteiger partial charge >= 0.3 is 0 Å². The number of aryl methyl sites for hydroxylation is 1. The van der Waals surface area contributed by atoms with Crippen molar-refractivity contribution in [3.05, 3.63) is 63.1 Å². The molecule has 7 nitrogen and oxygen atoms in total. The quantitative estimate of drug-likeness (QED) is 0.262. The van der Waals surface area contributed by atoms with E-state index in [2.05, 4.69) is 36.7 Å². The van der Waals surface area contributed by atoms with E-state index in [9.17, 15) is 4.79 Å². The van der Waals surface area contributed by atoms with Crippen LogP contribution in [0, 0.1) is 6.92 Å². The van der Waals surface area contributed by atoms with Gasteiger partial charge in [-0.2, -0.15) is 5.10 Å². The molecule has 156 valence electrons. The Kier molecular flexibility index (Phi) is 8.23. The number of hydrazone groups is 1. The van der Waals surface area contributed by atoms with Gasteiger partial charge in [0.05, 0.1) is 19.1 Å². The summed E-state index contributed by atoms with van der Waals surface area (Å²) in [6.45, 7) is 2.25. The number of methoxy groups -OCH3 is 1. The summed E-state index contributed by atoms with van der Waals surface area (Å²) in [4.78, 5) is 12.0. The van der Waals surface area contributed by atoms with Crippen LogP contribution in [0.4, 0.5) is 0 Å². The maximum atomic E-state index is 12.0. The Labute approximate surface area is 191 Å². The molecule has 3 aromatic rings. The molecule has 0 unspecified atom stereocenters. The molecule has 0 aliphatic heterocycles. The van der Waals surface area contributed by atoms with Gasteiger partial charge in [-0.25, -0.2) is 5.43 Å². The number of ether oxygens (including phenoxy) is 2. The third kappa shape index (κ3) is 6.54.